The number of carbonyl (C=O) groups is 3. The van der Waals surface area contributed by atoms with E-state index in [2.05, 4.69) is 15.9 Å². The maximum absolute atomic E-state index is 13.4. The first-order valence-corrected chi connectivity index (χ1v) is 10.9. The molecule has 0 radical (unpaired) electrons. The smallest absolute Gasteiger partial charge is 0.252 e. The molecule has 2 aromatic rings. The first-order chi connectivity index (χ1) is 14.5. The number of hydrogen-bond acceptors (Lipinski definition) is 4. The molecule has 0 unspecified atom stereocenters. The average Bonchev–Trinajstić information content (AvgIpc) is 3.50. The molecule has 2 aliphatic heterocycles. The molecule has 1 saturated heterocycles. The van der Waals surface area contributed by atoms with Crippen molar-refractivity contribution in [1.29, 1.82) is 0 Å². The van der Waals surface area contributed by atoms with E-state index in [-0.39, 0.29) is 30.7 Å². The fourth-order valence-electron chi connectivity index (χ4n) is 4.67. The molecule has 3 amide bonds. The van der Waals surface area contributed by atoms with Crippen LogP contribution >= 0.6 is 15.9 Å². The number of likely N-dealkylation sites (tertiary alicyclic amines) is 1. The SMILES string of the molecule is COc1ccc(CN2C(=O)CC[C@@H](N3C(=O)C4(CC4)c4c(Br)cccc43)C2=O)cc1. The summed E-state index contributed by atoms with van der Waals surface area (Å²) in [4.78, 5) is 42.3. The number of nitrogens with zero attached hydrogens (tertiary/aromatic N) is 2. The Kier molecular flexibility index (Phi) is 4.47. The Morgan fingerprint density at radius 3 is 2.50 bits per heavy atom. The van der Waals surface area contributed by atoms with E-state index in [4.69, 9.17) is 4.74 Å². The maximum atomic E-state index is 13.4. The van der Waals surface area contributed by atoms with Crippen molar-refractivity contribution in [3.63, 3.8) is 0 Å². The Labute approximate surface area is 182 Å². The molecule has 154 valence electrons. The van der Waals surface area contributed by atoms with Gasteiger partial charge in [-0.3, -0.25) is 24.2 Å². The van der Waals surface area contributed by atoms with Crippen LogP contribution in [0.15, 0.2) is 46.9 Å². The van der Waals surface area contributed by atoms with Crippen LogP contribution in [-0.2, 0) is 26.3 Å². The zero-order valence-corrected chi connectivity index (χ0v) is 18.1. The summed E-state index contributed by atoms with van der Waals surface area (Å²) >= 11 is 3.60. The minimum atomic E-state index is -0.651. The monoisotopic (exact) mass is 468 g/mol. The van der Waals surface area contributed by atoms with Crippen LogP contribution in [0.25, 0.3) is 0 Å². The van der Waals surface area contributed by atoms with Gasteiger partial charge in [0, 0.05) is 22.1 Å². The van der Waals surface area contributed by atoms with Gasteiger partial charge in [-0.15, -0.1) is 0 Å². The number of halogens is 1. The molecule has 1 spiro atoms. The zero-order chi connectivity index (χ0) is 21.0. The van der Waals surface area contributed by atoms with Gasteiger partial charge in [0.05, 0.1) is 19.1 Å². The van der Waals surface area contributed by atoms with Crippen LogP contribution in [0.2, 0.25) is 0 Å². The van der Waals surface area contributed by atoms with Crippen LogP contribution in [-0.4, -0.2) is 35.8 Å². The minimum Gasteiger partial charge on any atom is -0.497 e. The molecule has 7 heteroatoms. The zero-order valence-electron chi connectivity index (χ0n) is 16.6. The van der Waals surface area contributed by atoms with Crippen molar-refractivity contribution in [2.24, 2.45) is 0 Å². The summed E-state index contributed by atoms with van der Waals surface area (Å²) in [5.74, 6) is 0.197. The lowest BCUT2D eigenvalue weighted by Gasteiger charge is -2.36. The van der Waals surface area contributed by atoms with Crippen LogP contribution in [0, 0.1) is 0 Å². The first kappa shape index (κ1) is 19.3. The van der Waals surface area contributed by atoms with Gasteiger partial charge < -0.3 is 4.74 Å². The van der Waals surface area contributed by atoms with E-state index < -0.39 is 11.5 Å². The molecule has 6 nitrogen and oxygen atoms in total. The second-order valence-electron chi connectivity index (χ2n) is 8.11. The second-order valence-corrected chi connectivity index (χ2v) is 8.97. The van der Waals surface area contributed by atoms with Gasteiger partial charge in [-0.05, 0) is 49.1 Å². The number of fused-ring (bicyclic) bond motifs is 2. The van der Waals surface area contributed by atoms with Crippen molar-refractivity contribution < 1.29 is 19.1 Å². The van der Waals surface area contributed by atoms with Crippen LogP contribution in [0.5, 0.6) is 5.75 Å². The number of methoxy groups -OCH3 is 1. The number of amides is 3. The molecule has 0 N–H and O–H groups in total. The lowest BCUT2D eigenvalue weighted by molar-refractivity contribution is -0.150. The van der Waals surface area contributed by atoms with Gasteiger partial charge >= 0.3 is 0 Å². The lowest BCUT2D eigenvalue weighted by atomic mass is 9.98. The Morgan fingerprint density at radius 1 is 1.10 bits per heavy atom. The van der Waals surface area contributed by atoms with Crippen molar-refractivity contribution in [2.75, 3.05) is 12.0 Å². The fraction of sp³-hybridized carbons (Fsp3) is 0.348. The standard InChI is InChI=1S/C23H21BrN2O4/c1-30-15-7-5-14(6-8-15)13-25-19(27)10-9-18(21(25)28)26-17-4-2-3-16(24)20(17)23(11-12-23)22(26)29/h2-8,18H,9-13H2,1H3/t18-/m1/s1. The molecule has 1 atom stereocenters. The summed E-state index contributed by atoms with van der Waals surface area (Å²) in [6.07, 6.45) is 2.19. The fourth-order valence-corrected chi connectivity index (χ4v) is 5.41. The number of rotatable bonds is 4. The number of carbonyl (C=O) groups excluding carboxylic acids is 3. The number of hydrogen-bond donors (Lipinski definition) is 0. The highest BCUT2D eigenvalue weighted by atomic mass is 79.9. The van der Waals surface area contributed by atoms with Gasteiger partial charge in [-0.1, -0.05) is 34.1 Å². The van der Waals surface area contributed by atoms with E-state index in [0.717, 1.165) is 34.1 Å². The summed E-state index contributed by atoms with van der Waals surface area (Å²) in [6.45, 7) is 0.191. The van der Waals surface area contributed by atoms with E-state index >= 15 is 0 Å². The normalized spacial score (nSPS) is 21.9. The molecule has 5 rings (SSSR count). The average molecular weight is 469 g/mol. The van der Waals surface area contributed by atoms with Crippen LogP contribution < -0.4 is 9.64 Å². The van der Waals surface area contributed by atoms with Crippen molar-refractivity contribution in [1.82, 2.24) is 4.90 Å². The molecule has 0 bridgehead atoms. The molecular formula is C23H21BrN2O4. The quantitative estimate of drug-likeness (QED) is 0.643. The molecule has 30 heavy (non-hydrogen) atoms. The summed E-state index contributed by atoms with van der Waals surface area (Å²) in [5.41, 5.74) is 2.12. The number of anilines is 1. The molecule has 0 aromatic heterocycles. The third-order valence-electron chi connectivity index (χ3n) is 6.40. The molecule has 3 aliphatic rings. The Morgan fingerprint density at radius 2 is 1.83 bits per heavy atom. The first-order valence-electron chi connectivity index (χ1n) is 10.1. The van der Waals surface area contributed by atoms with Gasteiger partial charge in [0.1, 0.15) is 11.8 Å². The number of benzene rings is 2. The van der Waals surface area contributed by atoms with Crippen molar-refractivity contribution >= 4 is 39.3 Å². The third-order valence-corrected chi connectivity index (χ3v) is 7.06. The number of piperidine rings is 1. The van der Waals surface area contributed by atoms with Gasteiger partial charge in [0.15, 0.2) is 0 Å². The van der Waals surface area contributed by atoms with Gasteiger partial charge in [0.2, 0.25) is 11.8 Å². The predicted molar refractivity (Wildman–Crippen MR) is 114 cm³/mol. The van der Waals surface area contributed by atoms with Crippen LogP contribution in [0.4, 0.5) is 5.69 Å². The second kappa shape index (κ2) is 6.94. The lowest BCUT2D eigenvalue weighted by Crippen LogP contribution is -2.55. The van der Waals surface area contributed by atoms with E-state index in [1.807, 2.05) is 30.3 Å². The molecule has 1 saturated carbocycles. The van der Waals surface area contributed by atoms with Crippen molar-refractivity contribution in [2.45, 2.75) is 43.7 Å². The molecular weight excluding hydrogens is 448 g/mol. The topological polar surface area (TPSA) is 66.9 Å². The Hall–Kier alpha value is -2.67. The highest BCUT2D eigenvalue weighted by molar-refractivity contribution is 9.10. The largest absolute Gasteiger partial charge is 0.497 e. The van der Waals surface area contributed by atoms with Crippen molar-refractivity contribution in [3.8, 4) is 5.75 Å². The van der Waals surface area contributed by atoms with E-state index in [1.165, 1.54) is 4.90 Å². The third kappa shape index (κ3) is 2.79. The summed E-state index contributed by atoms with van der Waals surface area (Å²) in [5, 5.41) is 0. The van der Waals surface area contributed by atoms with E-state index in [1.54, 1.807) is 24.1 Å². The highest BCUT2D eigenvalue weighted by Gasteiger charge is 2.62. The van der Waals surface area contributed by atoms with E-state index in [9.17, 15) is 14.4 Å². The van der Waals surface area contributed by atoms with Crippen LogP contribution in [0.3, 0.4) is 0 Å². The van der Waals surface area contributed by atoms with Crippen LogP contribution in [0.1, 0.15) is 36.8 Å². The summed E-state index contributed by atoms with van der Waals surface area (Å²) < 4.78 is 6.08. The summed E-state index contributed by atoms with van der Waals surface area (Å²) in [6, 6.07) is 12.4. The molecule has 2 heterocycles. The van der Waals surface area contributed by atoms with Gasteiger partial charge in [-0.2, -0.15) is 0 Å². The molecule has 2 aromatic carbocycles. The molecule has 1 aliphatic carbocycles. The van der Waals surface area contributed by atoms with Crippen molar-refractivity contribution in [3.05, 3.63) is 58.1 Å². The van der Waals surface area contributed by atoms with Gasteiger partial charge in [-0.25, -0.2) is 0 Å². The van der Waals surface area contributed by atoms with Gasteiger partial charge in [0.25, 0.3) is 5.91 Å². The molecule has 2 fully saturated rings. The van der Waals surface area contributed by atoms with E-state index in [0.29, 0.717) is 12.2 Å². The number of ether oxygens (including phenoxy) is 1. The Bertz CT molecular complexity index is 1060. The minimum absolute atomic E-state index is 0.0125. The Balaban J connectivity index is 1.46. The maximum Gasteiger partial charge on any atom is 0.252 e. The highest BCUT2D eigenvalue weighted by Crippen LogP contribution is 2.60. The predicted octanol–water partition coefficient (Wildman–Crippen LogP) is 3.55. The number of imide groups is 1. The summed E-state index contributed by atoms with van der Waals surface area (Å²) in [7, 11) is 1.59.